The maximum atomic E-state index is 13.4. The fraction of sp³-hybridized carbons (Fsp3) is 0.387. The largest absolute Gasteiger partial charge is 0.448 e. The number of ether oxygens (including phenoxy) is 2. The Morgan fingerprint density at radius 2 is 1.31 bits per heavy atom. The summed E-state index contributed by atoms with van der Waals surface area (Å²) < 4.78 is 12.0. The van der Waals surface area contributed by atoms with Gasteiger partial charge in [-0.2, -0.15) is 0 Å². The average molecular weight is 487 g/mol. The number of hydrogen-bond acceptors (Lipinski definition) is 4. The van der Waals surface area contributed by atoms with E-state index in [2.05, 4.69) is 77.7 Å². The molecule has 0 bridgehead atoms. The minimum atomic E-state index is -0.705. The molecule has 1 saturated heterocycles. The Morgan fingerprint density at radius 1 is 0.833 bits per heavy atom. The molecule has 4 rings (SSSR count). The van der Waals surface area contributed by atoms with E-state index in [0.717, 1.165) is 19.5 Å². The van der Waals surface area contributed by atoms with E-state index in [1.165, 1.54) is 16.7 Å². The molecular formula is C31H38N2O3. The van der Waals surface area contributed by atoms with Gasteiger partial charge in [0.05, 0.1) is 12.1 Å². The lowest BCUT2D eigenvalue weighted by molar-refractivity contribution is -0.0552. The van der Waals surface area contributed by atoms with Gasteiger partial charge < -0.3 is 9.47 Å². The van der Waals surface area contributed by atoms with Crippen molar-refractivity contribution in [1.82, 2.24) is 9.80 Å². The molecular weight excluding hydrogens is 448 g/mol. The van der Waals surface area contributed by atoms with Gasteiger partial charge in [0, 0.05) is 19.1 Å². The number of carbonyl (C=O) groups is 1. The number of hydrogen-bond donors (Lipinski definition) is 0. The molecule has 0 N–H and O–H groups in total. The summed E-state index contributed by atoms with van der Waals surface area (Å²) in [5.74, 6) is 0. The van der Waals surface area contributed by atoms with Crippen LogP contribution in [0.4, 0.5) is 4.79 Å². The van der Waals surface area contributed by atoms with Crippen LogP contribution in [0.3, 0.4) is 0 Å². The highest BCUT2D eigenvalue weighted by Crippen LogP contribution is 2.35. The first-order valence-corrected chi connectivity index (χ1v) is 12.7. The summed E-state index contributed by atoms with van der Waals surface area (Å²) in [5, 5.41) is 0. The molecule has 0 spiro atoms. The summed E-state index contributed by atoms with van der Waals surface area (Å²) in [6, 6.07) is 31.4. The van der Waals surface area contributed by atoms with Crippen molar-refractivity contribution in [3.05, 3.63) is 108 Å². The number of benzene rings is 3. The first-order chi connectivity index (χ1) is 17.2. The van der Waals surface area contributed by atoms with E-state index in [-0.39, 0.29) is 18.7 Å². The van der Waals surface area contributed by atoms with Crippen LogP contribution in [0.25, 0.3) is 0 Å². The lowest BCUT2D eigenvalue weighted by atomic mass is 10.0. The smallest absolute Gasteiger partial charge is 0.412 e. The van der Waals surface area contributed by atoms with Crippen molar-refractivity contribution >= 4 is 6.09 Å². The summed E-state index contributed by atoms with van der Waals surface area (Å²) in [6.45, 7) is 10.2. The van der Waals surface area contributed by atoms with Crippen molar-refractivity contribution in [1.29, 1.82) is 0 Å². The lowest BCUT2D eigenvalue weighted by Gasteiger charge is -2.38. The van der Waals surface area contributed by atoms with Crippen molar-refractivity contribution in [2.24, 2.45) is 0 Å². The highest BCUT2D eigenvalue weighted by Gasteiger charge is 2.49. The third kappa shape index (κ3) is 6.54. The maximum Gasteiger partial charge on any atom is 0.412 e. The van der Waals surface area contributed by atoms with Crippen LogP contribution in [0, 0.1) is 0 Å². The monoisotopic (exact) mass is 486 g/mol. The second-order valence-corrected chi connectivity index (χ2v) is 10.7. The van der Waals surface area contributed by atoms with Crippen molar-refractivity contribution in [3.8, 4) is 0 Å². The first-order valence-electron chi connectivity index (χ1n) is 12.7. The van der Waals surface area contributed by atoms with E-state index in [1.807, 2.05) is 45.9 Å². The third-order valence-electron chi connectivity index (χ3n) is 6.79. The van der Waals surface area contributed by atoms with Gasteiger partial charge in [0.25, 0.3) is 0 Å². The quantitative estimate of drug-likeness (QED) is 0.357. The molecule has 5 heteroatoms. The number of amides is 1. The highest BCUT2D eigenvalue weighted by atomic mass is 16.6. The van der Waals surface area contributed by atoms with Crippen molar-refractivity contribution < 1.29 is 14.3 Å². The van der Waals surface area contributed by atoms with Gasteiger partial charge in [-0.1, -0.05) is 91.0 Å². The fourth-order valence-corrected chi connectivity index (χ4v) is 5.04. The van der Waals surface area contributed by atoms with Gasteiger partial charge in [-0.15, -0.1) is 0 Å². The Bertz CT molecular complexity index is 1040. The average Bonchev–Trinajstić information content (AvgIpc) is 3.10. The van der Waals surface area contributed by atoms with Gasteiger partial charge in [0.1, 0.15) is 12.3 Å². The van der Waals surface area contributed by atoms with Gasteiger partial charge in [-0.05, 0) is 50.8 Å². The van der Waals surface area contributed by atoms with Crippen LogP contribution >= 0.6 is 0 Å². The molecule has 0 aliphatic carbocycles. The number of rotatable bonds is 9. The van der Waals surface area contributed by atoms with Gasteiger partial charge in [0.15, 0.2) is 0 Å². The Morgan fingerprint density at radius 3 is 1.75 bits per heavy atom. The van der Waals surface area contributed by atoms with Gasteiger partial charge in [-0.25, -0.2) is 4.79 Å². The van der Waals surface area contributed by atoms with Crippen LogP contribution in [0.5, 0.6) is 0 Å². The fourth-order valence-electron chi connectivity index (χ4n) is 5.04. The lowest BCUT2D eigenvalue weighted by Crippen LogP contribution is -2.53. The topological polar surface area (TPSA) is 42.0 Å². The second-order valence-electron chi connectivity index (χ2n) is 10.7. The van der Waals surface area contributed by atoms with Crippen molar-refractivity contribution in [2.75, 3.05) is 13.2 Å². The summed E-state index contributed by atoms with van der Waals surface area (Å²) in [6.07, 6.45) is 0.441. The molecule has 3 aromatic rings. The van der Waals surface area contributed by atoms with E-state index in [1.54, 1.807) is 4.90 Å². The molecule has 1 amide bonds. The van der Waals surface area contributed by atoms with E-state index in [9.17, 15) is 4.79 Å². The summed E-state index contributed by atoms with van der Waals surface area (Å²) in [4.78, 5) is 17.5. The SMILES string of the molecule is CC1(C)COC(C)(C)N1C(=O)OC[C@H](Cc1ccccc1)N(Cc1ccccc1)Cc1ccccc1. The van der Waals surface area contributed by atoms with E-state index in [0.29, 0.717) is 6.61 Å². The molecule has 1 atom stereocenters. The number of nitrogens with zero attached hydrogens (tertiary/aromatic N) is 2. The predicted molar refractivity (Wildman–Crippen MR) is 143 cm³/mol. The Balaban J connectivity index is 1.59. The first kappa shape index (κ1) is 25.9. The molecule has 190 valence electrons. The van der Waals surface area contributed by atoms with E-state index < -0.39 is 11.3 Å². The zero-order valence-corrected chi connectivity index (χ0v) is 21.9. The summed E-state index contributed by atoms with van der Waals surface area (Å²) in [7, 11) is 0. The zero-order chi connectivity index (χ0) is 25.6. The van der Waals surface area contributed by atoms with Crippen LogP contribution in [0.15, 0.2) is 91.0 Å². The molecule has 0 unspecified atom stereocenters. The standard InChI is InChI=1S/C31H38N2O3/c1-30(2)24-36-31(3,4)33(30)29(34)35-23-28(20-25-14-8-5-9-15-25)32(21-26-16-10-6-11-17-26)22-27-18-12-7-13-19-27/h5-19,28H,20-24H2,1-4H3/t28-/m0/s1. The third-order valence-corrected chi connectivity index (χ3v) is 6.79. The van der Waals surface area contributed by atoms with Crippen LogP contribution in [-0.4, -0.2) is 46.4 Å². The number of carbonyl (C=O) groups excluding carboxylic acids is 1. The van der Waals surface area contributed by atoms with Crippen LogP contribution < -0.4 is 0 Å². The Kier molecular flexibility index (Phi) is 8.12. The molecule has 3 aromatic carbocycles. The zero-order valence-electron chi connectivity index (χ0n) is 21.9. The minimum absolute atomic E-state index is 0.00786. The maximum absolute atomic E-state index is 13.4. The predicted octanol–water partition coefficient (Wildman–Crippen LogP) is 6.28. The Labute approximate surface area is 215 Å². The molecule has 5 nitrogen and oxygen atoms in total. The van der Waals surface area contributed by atoms with E-state index in [4.69, 9.17) is 9.47 Å². The van der Waals surface area contributed by atoms with Gasteiger partial charge >= 0.3 is 6.09 Å². The molecule has 36 heavy (non-hydrogen) atoms. The summed E-state index contributed by atoms with van der Waals surface area (Å²) >= 11 is 0. The molecule has 1 fully saturated rings. The van der Waals surface area contributed by atoms with Gasteiger partial charge in [-0.3, -0.25) is 9.80 Å². The second kappa shape index (κ2) is 11.3. The Hall–Kier alpha value is -3.15. The highest BCUT2D eigenvalue weighted by molar-refractivity contribution is 5.70. The van der Waals surface area contributed by atoms with Crippen molar-refractivity contribution in [3.63, 3.8) is 0 Å². The molecule has 1 aliphatic rings. The van der Waals surface area contributed by atoms with Crippen LogP contribution in [0.2, 0.25) is 0 Å². The van der Waals surface area contributed by atoms with Crippen LogP contribution in [-0.2, 0) is 29.0 Å². The van der Waals surface area contributed by atoms with E-state index >= 15 is 0 Å². The molecule has 0 saturated carbocycles. The molecule has 0 radical (unpaired) electrons. The minimum Gasteiger partial charge on any atom is -0.448 e. The molecule has 1 aliphatic heterocycles. The molecule has 1 heterocycles. The normalized spacial score (nSPS) is 17.2. The summed E-state index contributed by atoms with van der Waals surface area (Å²) in [5.41, 5.74) is 2.54. The van der Waals surface area contributed by atoms with Gasteiger partial charge in [0.2, 0.25) is 0 Å². The van der Waals surface area contributed by atoms with Crippen molar-refractivity contribution in [2.45, 2.75) is 64.5 Å². The molecule has 0 aromatic heterocycles. The van der Waals surface area contributed by atoms with Crippen LogP contribution in [0.1, 0.15) is 44.4 Å².